The monoisotopic (exact) mass is 241 g/mol. The Morgan fingerprint density at radius 1 is 1.46 bits per heavy atom. The van der Waals surface area contributed by atoms with Crippen molar-refractivity contribution in [3.8, 4) is 0 Å². The molecule has 0 spiro atoms. The maximum absolute atomic E-state index is 10.8. The van der Waals surface area contributed by atoms with E-state index in [9.17, 15) is 4.79 Å². The SMILES string of the molecule is CC(=O)NC(C)c1ccccc1Br. The molecule has 0 fully saturated rings. The smallest absolute Gasteiger partial charge is 0.217 e. The first-order valence-corrected chi connectivity index (χ1v) is 4.92. The van der Waals surface area contributed by atoms with Crippen molar-refractivity contribution < 1.29 is 4.79 Å². The standard InChI is InChI=1S/C10H12BrNO/c1-7(12-8(2)13)9-5-3-4-6-10(9)11/h3-7H,1-2H3,(H,12,13). The fraction of sp³-hybridized carbons (Fsp3) is 0.300. The van der Waals surface area contributed by atoms with Gasteiger partial charge in [0.15, 0.2) is 0 Å². The second kappa shape index (κ2) is 4.42. The number of rotatable bonds is 2. The molecular weight excluding hydrogens is 230 g/mol. The first-order chi connectivity index (χ1) is 6.11. The van der Waals surface area contributed by atoms with E-state index in [1.807, 2.05) is 31.2 Å². The van der Waals surface area contributed by atoms with Crippen LogP contribution in [0.4, 0.5) is 0 Å². The third-order valence-corrected chi connectivity index (χ3v) is 2.51. The highest BCUT2D eigenvalue weighted by Gasteiger charge is 2.08. The van der Waals surface area contributed by atoms with Crippen molar-refractivity contribution in [1.29, 1.82) is 0 Å². The lowest BCUT2D eigenvalue weighted by Gasteiger charge is -2.14. The van der Waals surface area contributed by atoms with Crippen molar-refractivity contribution in [2.45, 2.75) is 19.9 Å². The van der Waals surface area contributed by atoms with E-state index >= 15 is 0 Å². The molecule has 0 aliphatic carbocycles. The molecule has 1 aromatic rings. The zero-order chi connectivity index (χ0) is 9.84. The van der Waals surface area contributed by atoms with E-state index in [0.717, 1.165) is 10.0 Å². The third kappa shape index (κ3) is 2.84. The molecule has 0 saturated carbocycles. The second-order valence-electron chi connectivity index (χ2n) is 2.94. The number of carbonyl (C=O) groups is 1. The summed E-state index contributed by atoms with van der Waals surface area (Å²) in [7, 11) is 0. The number of nitrogens with one attached hydrogen (secondary N) is 1. The molecule has 70 valence electrons. The topological polar surface area (TPSA) is 29.1 Å². The van der Waals surface area contributed by atoms with Crippen LogP contribution in [0, 0.1) is 0 Å². The van der Waals surface area contributed by atoms with E-state index in [-0.39, 0.29) is 11.9 Å². The van der Waals surface area contributed by atoms with Crippen molar-refractivity contribution in [1.82, 2.24) is 5.32 Å². The van der Waals surface area contributed by atoms with Gasteiger partial charge in [0.05, 0.1) is 6.04 Å². The van der Waals surface area contributed by atoms with E-state index in [0.29, 0.717) is 0 Å². The van der Waals surface area contributed by atoms with Crippen molar-refractivity contribution in [3.05, 3.63) is 34.3 Å². The minimum atomic E-state index is -0.0109. The first kappa shape index (κ1) is 10.3. The van der Waals surface area contributed by atoms with Gasteiger partial charge in [-0.1, -0.05) is 34.1 Å². The van der Waals surface area contributed by atoms with E-state index in [1.54, 1.807) is 0 Å². The van der Waals surface area contributed by atoms with Gasteiger partial charge in [0.2, 0.25) is 5.91 Å². The lowest BCUT2D eigenvalue weighted by molar-refractivity contribution is -0.119. The van der Waals surface area contributed by atoms with Crippen LogP contribution in [0.3, 0.4) is 0 Å². The molecule has 0 radical (unpaired) electrons. The lowest BCUT2D eigenvalue weighted by Crippen LogP contribution is -2.23. The first-order valence-electron chi connectivity index (χ1n) is 4.13. The number of hydrogen-bond donors (Lipinski definition) is 1. The van der Waals surface area contributed by atoms with E-state index in [4.69, 9.17) is 0 Å². The van der Waals surface area contributed by atoms with Crippen LogP contribution in [0.1, 0.15) is 25.5 Å². The highest BCUT2D eigenvalue weighted by atomic mass is 79.9. The Hall–Kier alpha value is -0.830. The fourth-order valence-corrected chi connectivity index (χ4v) is 1.84. The Bertz CT molecular complexity index is 312. The summed E-state index contributed by atoms with van der Waals surface area (Å²) in [4.78, 5) is 10.8. The average Bonchev–Trinajstić information content (AvgIpc) is 2.03. The summed E-state index contributed by atoms with van der Waals surface area (Å²) < 4.78 is 1.02. The Morgan fingerprint density at radius 2 is 2.08 bits per heavy atom. The molecule has 1 N–H and O–H groups in total. The number of halogens is 1. The van der Waals surface area contributed by atoms with Crippen LogP contribution in [0.15, 0.2) is 28.7 Å². The van der Waals surface area contributed by atoms with Gasteiger partial charge in [-0.15, -0.1) is 0 Å². The van der Waals surface area contributed by atoms with Crippen LogP contribution in [-0.4, -0.2) is 5.91 Å². The molecule has 1 aromatic carbocycles. The summed E-state index contributed by atoms with van der Waals surface area (Å²) in [6.45, 7) is 3.48. The Morgan fingerprint density at radius 3 is 2.62 bits per heavy atom. The molecule has 0 heterocycles. The zero-order valence-corrected chi connectivity index (χ0v) is 9.26. The van der Waals surface area contributed by atoms with Crippen LogP contribution < -0.4 is 5.32 Å². The summed E-state index contributed by atoms with van der Waals surface area (Å²) in [5.74, 6) is -0.0109. The largest absolute Gasteiger partial charge is 0.350 e. The predicted octanol–water partition coefficient (Wildman–Crippen LogP) is 2.65. The third-order valence-electron chi connectivity index (χ3n) is 1.79. The molecule has 1 amide bonds. The molecule has 0 aromatic heterocycles. The number of amides is 1. The quantitative estimate of drug-likeness (QED) is 0.848. The molecule has 3 heteroatoms. The van der Waals surface area contributed by atoms with Crippen LogP contribution in [-0.2, 0) is 4.79 Å². The van der Waals surface area contributed by atoms with Gasteiger partial charge in [-0.3, -0.25) is 4.79 Å². The van der Waals surface area contributed by atoms with Gasteiger partial charge in [-0.2, -0.15) is 0 Å². The molecule has 2 nitrogen and oxygen atoms in total. The fourth-order valence-electron chi connectivity index (χ4n) is 1.21. The van der Waals surface area contributed by atoms with Crippen molar-refractivity contribution in [2.24, 2.45) is 0 Å². The van der Waals surface area contributed by atoms with Crippen molar-refractivity contribution in [2.75, 3.05) is 0 Å². The molecule has 0 aliphatic rings. The molecule has 1 atom stereocenters. The highest BCUT2D eigenvalue weighted by Crippen LogP contribution is 2.22. The average molecular weight is 242 g/mol. The predicted molar refractivity (Wildman–Crippen MR) is 56.4 cm³/mol. The molecule has 0 aliphatic heterocycles. The van der Waals surface area contributed by atoms with E-state index < -0.39 is 0 Å². The Balaban J connectivity index is 2.82. The molecular formula is C10H12BrNO. The number of hydrogen-bond acceptors (Lipinski definition) is 1. The summed E-state index contributed by atoms with van der Waals surface area (Å²) in [6, 6.07) is 7.92. The second-order valence-corrected chi connectivity index (χ2v) is 3.80. The van der Waals surface area contributed by atoms with Crippen LogP contribution >= 0.6 is 15.9 Å². The van der Waals surface area contributed by atoms with Gasteiger partial charge in [-0.25, -0.2) is 0 Å². The van der Waals surface area contributed by atoms with Crippen LogP contribution in [0.2, 0.25) is 0 Å². The summed E-state index contributed by atoms with van der Waals surface area (Å²) >= 11 is 3.44. The maximum atomic E-state index is 10.8. The van der Waals surface area contributed by atoms with Crippen molar-refractivity contribution >= 4 is 21.8 Å². The van der Waals surface area contributed by atoms with Gasteiger partial charge in [0, 0.05) is 11.4 Å². The summed E-state index contributed by atoms with van der Waals surface area (Å²) in [6.07, 6.45) is 0. The number of benzene rings is 1. The van der Waals surface area contributed by atoms with Crippen LogP contribution in [0.5, 0.6) is 0 Å². The highest BCUT2D eigenvalue weighted by molar-refractivity contribution is 9.10. The van der Waals surface area contributed by atoms with Gasteiger partial charge in [0.25, 0.3) is 0 Å². The minimum absolute atomic E-state index is 0.0109. The van der Waals surface area contributed by atoms with Gasteiger partial charge >= 0.3 is 0 Å². The molecule has 0 saturated heterocycles. The maximum Gasteiger partial charge on any atom is 0.217 e. The van der Waals surface area contributed by atoms with Crippen LogP contribution in [0.25, 0.3) is 0 Å². The summed E-state index contributed by atoms with van der Waals surface area (Å²) in [5.41, 5.74) is 1.10. The van der Waals surface area contributed by atoms with Crippen molar-refractivity contribution in [3.63, 3.8) is 0 Å². The Kier molecular flexibility index (Phi) is 3.48. The normalized spacial score (nSPS) is 12.2. The van der Waals surface area contributed by atoms with Gasteiger partial charge in [0.1, 0.15) is 0 Å². The Labute approximate surface area is 86.5 Å². The molecule has 1 unspecified atom stereocenters. The molecule has 1 rings (SSSR count). The van der Waals surface area contributed by atoms with Gasteiger partial charge in [-0.05, 0) is 18.6 Å². The van der Waals surface area contributed by atoms with E-state index in [1.165, 1.54) is 6.92 Å². The minimum Gasteiger partial charge on any atom is -0.350 e. The molecule has 0 bridgehead atoms. The zero-order valence-electron chi connectivity index (χ0n) is 7.67. The summed E-state index contributed by atoms with van der Waals surface area (Å²) in [5, 5.41) is 2.83. The number of carbonyl (C=O) groups excluding carboxylic acids is 1. The van der Waals surface area contributed by atoms with E-state index in [2.05, 4.69) is 21.2 Å². The van der Waals surface area contributed by atoms with Gasteiger partial charge < -0.3 is 5.32 Å². The molecule has 13 heavy (non-hydrogen) atoms. The lowest BCUT2D eigenvalue weighted by atomic mass is 10.1.